The second-order valence-corrected chi connectivity index (χ2v) is 4.81. The molecule has 0 aromatic rings. The normalized spacial score (nSPS) is 12.4. The number of carbonyl (C=O) groups is 3. The smallest absolute Gasteiger partial charge is 0.407 e. The molecule has 2 amide bonds. The summed E-state index contributed by atoms with van der Waals surface area (Å²) in [5, 5.41) is 13.2. The number of hydrogen-bond donors (Lipinski definition) is 3. The molecule has 0 aliphatic rings. The molecule has 0 aromatic carbocycles. The Hall–Kier alpha value is -1.79. The summed E-state index contributed by atoms with van der Waals surface area (Å²) in [6, 6.07) is -0.945. The first-order chi connectivity index (χ1) is 8.11. The lowest BCUT2D eigenvalue weighted by atomic mass is 10.2. The predicted octanol–water partition coefficient (Wildman–Crippen LogP) is 0.491. The number of carboxylic acid groups (broad SMARTS) is 1. The van der Waals surface area contributed by atoms with Gasteiger partial charge < -0.3 is 20.5 Å². The van der Waals surface area contributed by atoms with Gasteiger partial charge in [0.15, 0.2) is 0 Å². The molecule has 0 radical (unpaired) electrons. The first kappa shape index (κ1) is 16.2. The highest BCUT2D eigenvalue weighted by molar-refractivity contribution is 5.83. The van der Waals surface area contributed by atoms with Gasteiger partial charge in [-0.3, -0.25) is 9.59 Å². The molecule has 7 nitrogen and oxygen atoms in total. The van der Waals surface area contributed by atoms with Crippen LogP contribution in [0.25, 0.3) is 0 Å². The number of nitrogens with one attached hydrogen (secondary N) is 2. The fourth-order valence-corrected chi connectivity index (χ4v) is 0.968. The molecule has 0 saturated heterocycles. The second kappa shape index (κ2) is 6.83. The van der Waals surface area contributed by atoms with Crippen LogP contribution in [0, 0.1) is 0 Å². The van der Waals surface area contributed by atoms with Gasteiger partial charge in [-0.25, -0.2) is 4.79 Å². The van der Waals surface area contributed by atoms with Gasteiger partial charge in [0, 0.05) is 13.0 Å². The van der Waals surface area contributed by atoms with Crippen LogP contribution in [-0.4, -0.2) is 41.3 Å². The summed E-state index contributed by atoms with van der Waals surface area (Å²) in [6.07, 6.45) is -0.613. The average Bonchev–Trinajstić information content (AvgIpc) is 2.14. The first-order valence-electron chi connectivity index (χ1n) is 5.61. The molecular formula is C11H20N2O5. The van der Waals surface area contributed by atoms with Crippen LogP contribution < -0.4 is 10.6 Å². The van der Waals surface area contributed by atoms with Crippen LogP contribution in [0.5, 0.6) is 0 Å². The lowest BCUT2D eigenvalue weighted by molar-refractivity contribution is -0.141. The lowest BCUT2D eigenvalue weighted by Gasteiger charge is -2.19. The van der Waals surface area contributed by atoms with Crippen molar-refractivity contribution in [2.75, 3.05) is 6.54 Å². The number of ether oxygens (including phenoxy) is 1. The van der Waals surface area contributed by atoms with Gasteiger partial charge in [0.2, 0.25) is 5.91 Å². The minimum Gasteiger partial charge on any atom is -0.480 e. The summed E-state index contributed by atoms with van der Waals surface area (Å²) >= 11 is 0. The summed E-state index contributed by atoms with van der Waals surface area (Å²) in [4.78, 5) is 32.9. The SMILES string of the molecule is C[C@H](NC(=O)CCNC(=O)OC(C)(C)C)C(=O)O. The van der Waals surface area contributed by atoms with Crippen molar-refractivity contribution in [1.82, 2.24) is 10.6 Å². The van der Waals surface area contributed by atoms with Gasteiger partial charge in [0.1, 0.15) is 11.6 Å². The van der Waals surface area contributed by atoms with Crippen molar-refractivity contribution in [3.63, 3.8) is 0 Å². The monoisotopic (exact) mass is 260 g/mol. The molecule has 0 aromatic heterocycles. The Morgan fingerprint density at radius 3 is 2.28 bits per heavy atom. The van der Waals surface area contributed by atoms with Crippen LogP contribution in [0.1, 0.15) is 34.1 Å². The van der Waals surface area contributed by atoms with Crippen molar-refractivity contribution in [2.24, 2.45) is 0 Å². The Balaban J connectivity index is 3.82. The van der Waals surface area contributed by atoms with Crippen LogP contribution in [0.4, 0.5) is 4.79 Å². The summed E-state index contributed by atoms with van der Waals surface area (Å²) < 4.78 is 4.96. The fourth-order valence-electron chi connectivity index (χ4n) is 0.968. The lowest BCUT2D eigenvalue weighted by Crippen LogP contribution is -2.40. The predicted molar refractivity (Wildman–Crippen MR) is 64.1 cm³/mol. The van der Waals surface area contributed by atoms with Crippen molar-refractivity contribution in [1.29, 1.82) is 0 Å². The van der Waals surface area contributed by atoms with Crippen LogP contribution >= 0.6 is 0 Å². The van der Waals surface area contributed by atoms with Gasteiger partial charge in [-0.2, -0.15) is 0 Å². The van der Waals surface area contributed by atoms with Crippen LogP contribution in [0.3, 0.4) is 0 Å². The first-order valence-corrected chi connectivity index (χ1v) is 5.61. The van der Waals surface area contributed by atoms with E-state index in [0.29, 0.717) is 0 Å². The third-order valence-corrected chi connectivity index (χ3v) is 1.77. The van der Waals surface area contributed by atoms with E-state index in [2.05, 4.69) is 10.6 Å². The van der Waals surface area contributed by atoms with Crippen LogP contribution in [-0.2, 0) is 14.3 Å². The third-order valence-electron chi connectivity index (χ3n) is 1.77. The Morgan fingerprint density at radius 2 is 1.83 bits per heavy atom. The minimum absolute atomic E-state index is 0.00311. The summed E-state index contributed by atoms with van der Waals surface area (Å²) in [7, 11) is 0. The Bertz CT molecular complexity index is 322. The summed E-state index contributed by atoms with van der Waals surface area (Å²) in [5.74, 6) is -1.55. The maximum absolute atomic E-state index is 11.3. The molecule has 104 valence electrons. The molecule has 0 bridgehead atoms. The molecule has 0 heterocycles. The van der Waals surface area contributed by atoms with E-state index < -0.39 is 29.6 Å². The highest BCUT2D eigenvalue weighted by atomic mass is 16.6. The molecule has 1 atom stereocenters. The van der Waals surface area contributed by atoms with Crippen molar-refractivity contribution >= 4 is 18.0 Å². The largest absolute Gasteiger partial charge is 0.480 e. The maximum Gasteiger partial charge on any atom is 0.407 e. The molecule has 0 spiro atoms. The fraction of sp³-hybridized carbons (Fsp3) is 0.727. The number of alkyl carbamates (subject to hydrolysis) is 1. The van der Waals surface area contributed by atoms with Crippen molar-refractivity contribution in [3.05, 3.63) is 0 Å². The number of aliphatic carboxylic acids is 1. The quantitative estimate of drug-likeness (QED) is 0.667. The Labute approximate surface area is 106 Å². The zero-order valence-corrected chi connectivity index (χ0v) is 11.1. The van der Waals surface area contributed by atoms with Gasteiger partial charge in [-0.1, -0.05) is 0 Å². The zero-order chi connectivity index (χ0) is 14.3. The molecular weight excluding hydrogens is 240 g/mol. The van der Waals surface area contributed by atoms with E-state index in [9.17, 15) is 14.4 Å². The molecule has 0 fully saturated rings. The average molecular weight is 260 g/mol. The molecule has 0 aliphatic heterocycles. The van der Waals surface area contributed by atoms with Gasteiger partial charge in [-0.05, 0) is 27.7 Å². The summed E-state index contributed by atoms with van der Waals surface area (Å²) in [5.41, 5.74) is -0.593. The molecule has 3 N–H and O–H groups in total. The number of hydrogen-bond acceptors (Lipinski definition) is 4. The van der Waals surface area contributed by atoms with E-state index >= 15 is 0 Å². The molecule has 0 saturated carbocycles. The molecule has 0 aliphatic carbocycles. The van der Waals surface area contributed by atoms with E-state index in [1.807, 2.05) is 0 Å². The minimum atomic E-state index is -1.11. The van der Waals surface area contributed by atoms with Crippen LogP contribution in [0.15, 0.2) is 0 Å². The van der Waals surface area contributed by atoms with Crippen LogP contribution in [0.2, 0.25) is 0 Å². The Kier molecular flexibility index (Phi) is 6.15. The molecule has 18 heavy (non-hydrogen) atoms. The number of carboxylic acids is 1. The number of rotatable bonds is 5. The van der Waals surface area contributed by atoms with Gasteiger partial charge in [0.05, 0.1) is 0 Å². The number of amides is 2. The zero-order valence-electron chi connectivity index (χ0n) is 11.1. The van der Waals surface area contributed by atoms with Gasteiger partial charge >= 0.3 is 12.1 Å². The van der Waals surface area contributed by atoms with Crippen molar-refractivity contribution in [3.8, 4) is 0 Å². The van der Waals surface area contributed by atoms with E-state index in [4.69, 9.17) is 9.84 Å². The standard InChI is InChI=1S/C11H20N2O5/c1-7(9(15)16)13-8(14)5-6-12-10(17)18-11(2,3)4/h7H,5-6H2,1-4H3,(H,12,17)(H,13,14)(H,15,16)/t7-/m0/s1. The third kappa shape index (κ3) is 8.37. The highest BCUT2D eigenvalue weighted by Crippen LogP contribution is 2.06. The maximum atomic E-state index is 11.3. The van der Waals surface area contributed by atoms with E-state index in [1.54, 1.807) is 20.8 Å². The van der Waals surface area contributed by atoms with E-state index in [1.165, 1.54) is 6.92 Å². The number of carbonyl (C=O) groups excluding carboxylic acids is 2. The van der Waals surface area contributed by atoms with Gasteiger partial charge in [-0.15, -0.1) is 0 Å². The molecule has 0 unspecified atom stereocenters. The Morgan fingerprint density at radius 1 is 1.28 bits per heavy atom. The molecule has 0 rings (SSSR count). The molecule has 7 heteroatoms. The van der Waals surface area contributed by atoms with Crippen molar-refractivity contribution in [2.45, 2.75) is 45.8 Å². The van der Waals surface area contributed by atoms with Crippen molar-refractivity contribution < 1.29 is 24.2 Å². The van der Waals surface area contributed by atoms with E-state index in [0.717, 1.165) is 0 Å². The summed E-state index contributed by atoms with van der Waals surface area (Å²) in [6.45, 7) is 6.64. The van der Waals surface area contributed by atoms with E-state index in [-0.39, 0.29) is 13.0 Å². The topological polar surface area (TPSA) is 105 Å². The second-order valence-electron chi connectivity index (χ2n) is 4.81. The van der Waals surface area contributed by atoms with Gasteiger partial charge in [0.25, 0.3) is 0 Å². The highest BCUT2D eigenvalue weighted by Gasteiger charge is 2.17.